The minimum absolute atomic E-state index is 0.208. The van der Waals surface area contributed by atoms with E-state index >= 15 is 0 Å². The van der Waals surface area contributed by atoms with Crippen LogP contribution >= 0.6 is 27.3 Å². The molecule has 23 heavy (non-hydrogen) atoms. The van der Waals surface area contributed by atoms with Crippen LogP contribution in [-0.4, -0.2) is 10.9 Å². The van der Waals surface area contributed by atoms with Crippen molar-refractivity contribution in [2.75, 3.05) is 11.1 Å². The molecule has 1 aromatic carbocycles. The Hall–Kier alpha value is -1.92. The number of rotatable bonds is 4. The summed E-state index contributed by atoms with van der Waals surface area (Å²) in [5.41, 5.74) is 8.39. The number of aromatic nitrogens is 1. The van der Waals surface area contributed by atoms with Gasteiger partial charge in [-0.2, -0.15) is 0 Å². The monoisotopic (exact) mass is 389 g/mol. The Kier molecular flexibility index (Phi) is 4.63. The molecule has 3 rings (SSSR count). The largest absolute Gasteiger partial charge is 0.397 e. The number of carbonyl (C=O) groups is 1. The van der Waals surface area contributed by atoms with Gasteiger partial charge in [0.2, 0.25) is 0 Å². The number of amides is 1. The highest BCUT2D eigenvalue weighted by Gasteiger charge is 2.17. The van der Waals surface area contributed by atoms with Crippen LogP contribution in [-0.2, 0) is 6.42 Å². The molecule has 3 aromatic rings. The quantitative estimate of drug-likeness (QED) is 0.670. The van der Waals surface area contributed by atoms with Gasteiger partial charge in [-0.05, 0) is 36.8 Å². The zero-order chi connectivity index (χ0) is 16.4. The summed E-state index contributed by atoms with van der Waals surface area (Å²) in [5.74, 6) is -0.208. The number of nitrogen functional groups attached to an aromatic ring is 1. The third kappa shape index (κ3) is 3.38. The van der Waals surface area contributed by atoms with Crippen LogP contribution in [0.3, 0.4) is 0 Å². The van der Waals surface area contributed by atoms with Crippen molar-refractivity contribution in [3.63, 3.8) is 0 Å². The van der Waals surface area contributed by atoms with E-state index in [4.69, 9.17) is 5.73 Å². The number of aryl methyl sites for hydroxylation is 1. The van der Waals surface area contributed by atoms with E-state index in [-0.39, 0.29) is 5.91 Å². The normalized spacial score (nSPS) is 10.9. The molecule has 2 heterocycles. The number of fused-ring (bicyclic) bond motifs is 1. The number of nitrogens with one attached hydrogen (secondary N) is 1. The number of hydrogen-bond donors (Lipinski definition) is 2. The van der Waals surface area contributed by atoms with Gasteiger partial charge >= 0.3 is 0 Å². The van der Waals surface area contributed by atoms with Gasteiger partial charge in [0.05, 0.1) is 5.69 Å². The van der Waals surface area contributed by atoms with Gasteiger partial charge in [-0.25, -0.2) is 4.98 Å². The molecular weight excluding hydrogens is 374 g/mol. The number of carbonyl (C=O) groups excluding carboxylic acids is 1. The summed E-state index contributed by atoms with van der Waals surface area (Å²) in [5, 5.41) is 3.72. The lowest BCUT2D eigenvalue weighted by atomic mass is 10.2. The Morgan fingerprint density at radius 1 is 1.35 bits per heavy atom. The third-order valence-corrected chi connectivity index (χ3v) is 5.05. The number of benzene rings is 1. The van der Waals surface area contributed by atoms with Gasteiger partial charge in [-0.3, -0.25) is 4.79 Å². The third-order valence-electron chi connectivity index (χ3n) is 3.45. The van der Waals surface area contributed by atoms with Crippen molar-refractivity contribution in [1.82, 2.24) is 4.98 Å². The summed E-state index contributed by atoms with van der Waals surface area (Å²) in [7, 11) is 0. The number of anilines is 2. The summed E-state index contributed by atoms with van der Waals surface area (Å²) in [6, 6.07) is 11.4. The van der Waals surface area contributed by atoms with Crippen LogP contribution in [0.5, 0.6) is 0 Å². The molecule has 0 bridgehead atoms. The van der Waals surface area contributed by atoms with Crippen LogP contribution in [0.1, 0.15) is 28.7 Å². The molecule has 0 aliphatic heterocycles. The van der Waals surface area contributed by atoms with Gasteiger partial charge in [0.1, 0.15) is 9.71 Å². The Morgan fingerprint density at radius 2 is 2.17 bits per heavy atom. The van der Waals surface area contributed by atoms with Gasteiger partial charge in [0.25, 0.3) is 5.91 Å². The summed E-state index contributed by atoms with van der Waals surface area (Å²) in [6.45, 7) is 2.12. The fourth-order valence-corrected chi connectivity index (χ4v) is 3.76. The van der Waals surface area contributed by atoms with Crippen LogP contribution in [0.4, 0.5) is 11.4 Å². The number of thiophene rings is 1. The first-order chi connectivity index (χ1) is 11.1. The van der Waals surface area contributed by atoms with Crippen molar-refractivity contribution < 1.29 is 4.79 Å². The van der Waals surface area contributed by atoms with E-state index in [0.29, 0.717) is 10.6 Å². The van der Waals surface area contributed by atoms with E-state index in [0.717, 1.165) is 38.9 Å². The number of nitrogens with zero attached hydrogens (tertiary/aromatic N) is 1. The highest BCUT2D eigenvalue weighted by atomic mass is 79.9. The van der Waals surface area contributed by atoms with Crippen molar-refractivity contribution in [3.8, 4) is 0 Å². The van der Waals surface area contributed by atoms with Crippen molar-refractivity contribution in [2.24, 2.45) is 0 Å². The van der Waals surface area contributed by atoms with Crippen molar-refractivity contribution in [1.29, 1.82) is 0 Å². The molecule has 0 aliphatic carbocycles. The average Bonchev–Trinajstić information content (AvgIpc) is 2.84. The molecule has 0 radical (unpaired) electrons. The Morgan fingerprint density at radius 3 is 2.91 bits per heavy atom. The van der Waals surface area contributed by atoms with Crippen LogP contribution in [0.15, 0.2) is 40.9 Å². The first kappa shape index (κ1) is 16.0. The van der Waals surface area contributed by atoms with E-state index in [1.807, 2.05) is 36.4 Å². The lowest BCUT2D eigenvalue weighted by Crippen LogP contribution is -2.11. The predicted molar refractivity (Wildman–Crippen MR) is 100 cm³/mol. The lowest BCUT2D eigenvalue weighted by Gasteiger charge is -2.04. The number of pyridine rings is 1. The van der Waals surface area contributed by atoms with Gasteiger partial charge in [0, 0.05) is 21.2 Å². The zero-order valence-corrected chi connectivity index (χ0v) is 15.0. The molecule has 0 spiro atoms. The summed E-state index contributed by atoms with van der Waals surface area (Å²) in [6.07, 6.45) is 1.96. The number of hydrogen-bond acceptors (Lipinski definition) is 4. The molecule has 6 heteroatoms. The van der Waals surface area contributed by atoms with Gasteiger partial charge < -0.3 is 11.1 Å². The maximum atomic E-state index is 12.5. The zero-order valence-electron chi connectivity index (χ0n) is 12.6. The van der Waals surface area contributed by atoms with Crippen molar-refractivity contribution in [2.45, 2.75) is 19.8 Å². The van der Waals surface area contributed by atoms with Gasteiger partial charge in [0.15, 0.2) is 0 Å². The fourth-order valence-electron chi connectivity index (χ4n) is 2.35. The summed E-state index contributed by atoms with van der Waals surface area (Å²) < 4.78 is 0.908. The average molecular weight is 390 g/mol. The van der Waals surface area contributed by atoms with Crippen LogP contribution < -0.4 is 11.1 Å². The predicted octanol–water partition coefficient (Wildman–Crippen LogP) is 4.85. The standard InChI is InChI=1S/C17H16BrN3OS/c1-2-4-11-7-8-13-14(19)15(23-17(13)21-11)16(22)20-12-6-3-5-10(18)9-12/h3,5-9H,2,4,19H2,1H3,(H,20,22). The number of halogens is 1. The highest BCUT2D eigenvalue weighted by Crippen LogP contribution is 2.33. The molecule has 0 atom stereocenters. The summed E-state index contributed by atoms with van der Waals surface area (Å²) in [4.78, 5) is 18.4. The maximum Gasteiger partial charge on any atom is 0.267 e. The molecule has 4 nitrogen and oxygen atoms in total. The SMILES string of the molecule is CCCc1ccc2c(N)c(C(=O)Nc3cccc(Br)c3)sc2n1. The second kappa shape index (κ2) is 6.68. The minimum atomic E-state index is -0.208. The molecule has 3 N–H and O–H groups in total. The van der Waals surface area contributed by atoms with E-state index in [9.17, 15) is 4.79 Å². The highest BCUT2D eigenvalue weighted by molar-refractivity contribution is 9.10. The fraction of sp³-hybridized carbons (Fsp3) is 0.176. The molecular formula is C17H16BrN3OS. The smallest absolute Gasteiger partial charge is 0.267 e. The first-order valence-corrected chi connectivity index (χ1v) is 8.94. The summed E-state index contributed by atoms with van der Waals surface area (Å²) >= 11 is 4.73. The number of nitrogens with two attached hydrogens (primary N) is 1. The van der Waals surface area contributed by atoms with Gasteiger partial charge in [-0.15, -0.1) is 11.3 Å². The Bertz CT molecular complexity index is 875. The molecule has 0 unspecified atom stereocenters. The Labute approximate surface area is 146 Å². The molecule has 0 aliphatic rings. The molecule has 2 aromatic heterocycles. The van der Waals surface area contributed by atoms with Crippen molar-refractivity contribution in [3.05, 3.63) is 51.4 Å². The first-order valence-electron chi connectivity index (χ1n) is 7.33. The van der Waals surface area contributed by atoms with Crippen molar-refractivity contribution >= 4 is 54.8 Å². The second-order valence-corrected chi connectivity index (χ2v) is 7.13. The van der Waals surface area contributed by atoms with E-state index < -0.39 is 0 Å². The molecule has 118 valence electrons. The van der Waals surface area contributed by atoms with E-state index in [1.54, 1.807) is 0 Å². The van der Waals surface area contributed by atoms with Gasteiger partial charge in [-0.1, -0.05) is 35.3 Å². The van der Waals surface area contributed by atoms with Crippen LogP contribution in [0.2, 0.25) is 0 Å². The minimum Gasteiger partial charge on any atom is -0.397 e. The van der Waals surface area contributed by atoms with Crippen LogP contribution in [0.25, 0.3) is 10.2 Å². The molecule has 0 saturated carbocycles. The topological polar surface area (TPSA) is 68.0 Å². The van der Waals surface area contributed by atoms with E-state index in [2.05, 4.69) is 33.2 Å². The lowest BCUT2D eigenvalue weighted by molar-refractivity contribution is 0.103. The second-order valence-electron chi connectivity index (χ2n) is 5.21. The molecule has 0 saturated heterocycles. The van der Waals surface area contributed by atoms with E-state index in [1.165, 1.54) is 11.3 Å². The Balaban J connectivity index is 1.92. The maximum absolute atomic E-state index is 12.5. The molecule has 1 amide bonds. The van der Waals surface area contributed by atoms with Crippen LogP contribution in [0, 0.1) is 0 Å². The molecule has 0 fully saturated rings.